The zero-order chi connectivity index (χ0) is 15.0. The van der Waals surface area contributed by atoms with Gasteiger partial charge in [-0.25, -0.2) is 4.79 Å². The zero-order valence-corrected chi connectivity index (χ0v) is 11.6. The lowest BCUT2D eigenvalue weighted by Crippen LogP contribution is -2.14. The lowest BCUT2D eigenvalue weighted by Gasteiger charge is -2.05. The van der Waals surface area contributed by atoms with E-state index >= 15 is 0 Å². The van der Waals surface area contributed by atoms with Crippen LogP contribution in [-0.2, 0) is 6.42 Å². The van der Waals surface area contributed by atoms with Gasteiger partial charge in [-0.1, -0.05) is 12.1 Å². The number of imidazole rings is 1. The van der Waals surface area contributed by atoms with Crippen LogP contribution in [0.2, 0.25) is 0 Å². The van der Waals surface area contributed by atoms with Gasteiger partial charge in [-0.3, -0.25) is 4.79 Å². The zero-order valence-electron chi connectivity index (χ0n) is 11.6. The minimum atomic E-state index is -0.281. The number of carbonyl (C=O) groups is 1. The van der Waals surface area contributed by atoms with Crippen molar-refractivity contribution in [2.45, 2.75) is 20.3 Å². The van der Waals surface area contributed by atoms with Crippen LogP contribution in [-0.4, -0.2) is 21.0 Å². The van der Waals surface area contributed by atoms with Crippen LogP contribution in [0.15, 0.2) is 27.5 Å². The molecule has 0 unspecified atom stereocenters. The molecule has 1 aromatic carbocycles. The number of nitrogens with one attached hydrogen (secondary N) is 3. The van der Waals surface area contributed by atoms with Crippen molar-refractivity contribution in [2.75, 3.05) is 5.32 Å². The summed E-state index contributed by atoms with van der Waals surface area (Å²) in [6, 6.07) is 5.14. The van der Waals surface area contributed by atoms with Gasteiger partial charge in [0.05, 0.1) is 16.7 Å². The van der Waals surface area contributed by atoms with E-state index in [9.17, 15) is 9.59 Å². The van der Waals surface area contributed by atoms with Crippen molar-refractivity contribution in [1.29, 1.82) is 0 Å². The van der Waals surface area contributed by atoms with Crippen LogP contribution < -0.4 is 11.0 Å². The highest BCUT2D eigenvalue weighted by molar-refractivity contribution is 6.06. The highest BCUT2D eigenvalue weighted by Gasteiger charge is 2.19. The summed E-state index contributed by atoms with van der Waals surface area (Å²) in [7, 11) is 0. The molecule has 21 heavy (non-hydrogen) atoms. The van der Waals surface area contributed by atoms with E-state index in [1.54, 1.807) is 25.1 Å². The summed E-state index contributed by atoms with van der Waals surface area (Å²) >= 11 is 0. The Balaban J connectivity index is 1.92. The van der Waals surface area contributed by atoms with Crippen LogP contribution in [0.25, 0.3) is 11.0 Å². The summed E-state index contributed by atoms with van der Waals surface area (Å²) in [4.78, 5) is 28.8. The van der Waals surface area contributed by atoms with Gasteiger partial charge in [0.15, 0.2) is 0 Å². The summed E-state index contributed by atoms with van der Waals surface area (Å²) in [5, 5.41) is 6.65. The lowest BCUT2D eigenvalue weighted by atomic mass is 10.1. The molecule has 108 valence electrons. The molecule has 7 nitrogen and oxygen atoms in total. The fourth-order valence-corrected chi connectivity index (χ4v) is 2.25. The molecule has 0 saturated carbocycles. The summed E-state index contributed by atoms with van der Waals surface area (Å²) < 4.78 is 5.06. The number of H-pyrrole nitrogens is 2. The van der Waals surface area contributed by atoms with Crippen molar-refractivity contribution >= 4 is 22.6 Å². The highest BCUT2D eigenvalue weighted by Crippen LogP contribution is 2.19. The average Bonchev–Trinajstić information content (AvgIpc) is 2.99. The summed E-state index contributed by atoms with van der Waals surface area (Å²) in [5.74, 6) is 0.211. The molecule has 2 heterocycles. The normalized spacial score (nSPS) is 11.0. The Morgan fingerprint density at radius 3 is 2.86 bits per heavy atom. The van der Waals surface area contributed by atoms with Gasteiger partial charge < -0.3 is 19.8 Å². The molecular weight excluding hydrogens is 272 g/mol. The quantitative estimate of drug-likeness (QED) is 0.684. The molecule has 3 N–H and O–H groups in total. The summed E-state index contributed by atoms with van der Waals surface area (Å²) in [6.45, 7) is 3.61. The molecule has 0 bridgehead atoms. The largest absolute Gasteiger partial charge is 0.361 e. The number of benzene rings is 1. The standard InChI is InChI=1S/C14H14N4O3/c1-3-9-12(7(2)21-18-9)13(19)15-8-4-5-10-11(6-8)17-14(20)16-10/h4-6H,3H2,1-2H3,(H,15,19)(H2,16,17,20). The van der Waals surface area contributed by atoms with Crippen LogP contribution in [0.4, 0.5) is 5.69 Å². The molecule has 1 amide bonds. The third-order valence-corrected chi connectivity index (χ3v) is 3.27. The van der Waals surface area contributed by atoms with E-state index in [0.717, 1.165) is 0 Å². The van der Waals surface area contributed by atoms with E-state index in [-0.39, 0.29) is 11.6 Å². The number of aromatic nitrogens is 3. The second-order valence-corrected chi connectivity index (χ2v) is 4.71. The minimum absolute atomic E-state index is 0.275. The lowest BCUT2D eigenvalue weighted by molar-refractivity contribution is 0.102. The van der Waals surface area contributed by atoms with Gasteiger partial charge >= 0.3 is 5.69 Å². The fourth-order valence-electron chi connectivity index (χ4n) is 2.25. The number of aryl methyl sites for hydroxylation is 2. The number of amides is 1. The van der Waals surface area contributed by atoms with Crippen LogP contribution in [0, 0.1) is 6.92 Å². The van der Waals surface area contributed by atoms with E-state index in [1.807, 2.05) is 6.92 Å². The molecule has 2 aromatic heterocycles. The van der Waals surface area contributed by atoms with Crippen molar-refractivity contribution in [2.24, 2.45) is 0 Å². The van der Waals surface area contributed by atoms with Gasteiger partial charge in [0.2, 0.25) is 0 Å². The van der Waals surface area contributed by atoms with E-state index in [4.69, 9.17) is 4.52 Å². The Bertz CT molecular complexity index is 872. The Labute approximate surface area is 119 Å². The molecule has 3 aromatic rings. The first kappa shape index (κ1) is 13.2. The Morgan fingerprint density at radius 2 is 2.10 bits per heavy atom. The monoisotopic (exact) mass is 286 g/mol. The maximum atomic E-state index is 12.3. The second kappa shape index (κ2) is 4.93. The van der Waals surface area contributed by atoms with Crippen LogP contribution in [0.1, 0.15) is 28.7 Å². The Hall–Kier alpha value is -2.83. The third kappa shape index (κ3) is 2.33. The molecule has 0 fully saturated rings. The van der Waals surface area contributed by atoms with Crippen molar-refractivity contribution in [3.8, 4) is 0 Å². The number of aromatic amines is 2. The molecule has 7 heteroatoms. The Morgan fingerprint density at radius 1 is 1.33 bits per heavy atom. The molecule has 0 atom stereocenters. The minimum Gasteiger partial charge on any atom is -0.361 e. The van der Waals surface area contributed by atoms with Crippen molar-refractivity contribution < 1.29 is 9.32 Å². The summed E-state index contributed by atoms with van der Waals surface area (Å²) in [6.07, 6.45) is 0.615. The average molecular weight is 286 g/mol. The molecular formula is C14H14N4O3. The van der Waals surface area contributed by atoms with Crippen molar-refractivity contribution in [3.05, 3.63) is 45.7 Å². The smallest absolute Gasteiger partial charge is 0.323 e. The molecule has 3 rings (SSSR count). The highest BCUT2D eigenvalue weighted by atomic mass is 16.5. The van der Waals surface area contributed by atoms with Crippen LogP contribution in [0.3, 0.4) is 0 Å². The van der Waals surface area contributed by atoms with Crippen LogP contribution in [0.5, 0.6) is 0 Å². The number of rotatable bonds is 3. The first-order valence-electron chi connectivity index (χ1n) is 6.57. The predicted octanol–water partition coefficient (Wildman–Crippen LogP) is 1.97. The van der Waals surface area contributed by atoms with Gasteiger partial charge in [0, 0.05) is 5.69 Å². The van der Waals surface area contributed by atoms with Gasteiger partial charge in [-0.15, -0.1) is 0 Å². The molecule has 0 spiro atoms. The van der Waals surface area contributed by atoms with Gasteiger partial charge in [-0.05, 0) is 31.5 Å². The molecule has 0 aliphatic carbocycles. The number of hydrogen-bond donors (Lipinski definition) is 3. The number of carbonyl (C=O) groups excluding carboxylic acids is 1. The van der Waals surface area contributed by atoms with Crippen molar-refractivity contribution in [3.63, 3.8) is 0 Å². The number of nitrogens with zero attached hydrogens (tertiary/aromatic N) is 1. The maximum Gasteiger partial charge on any atom is 0.323 e. The van der Waals surface area contributed by atoms with Crippen LogP contribution >= 0.6 is 0 Å². The Kier molecular flexibility index (Phi) is 3.09. The maximum absolute atomic E-state index is 12.3. The van der Waals surface area contributed by atoms with Crippen molar-refractivity contribution in [1.82, 2.24) is 15.1 Å². The molecule has 0 aliphatic rings. The SMILES string of the molecule is CCc1noc(C)c1C(=O)Nc1ccc2[nH]c(=O)[nH]c2c1. The topological polar surface area (TPSA) is 104 Å². The number of anilines is 1. The molecule has 0 saturated heterocycles. The third-order valence-electron chi connectivity index (χ3n) is 3.27. The summed E-state index contributed by atoms with van der Waals surface area (Å²) in [5.41, 5.74) is 2.72. The molecule has 0 radical (unpaired) electrons. The first-order chi connectivity index (χ1) is 10.1. The predicted molar refractivity (Wildman–Crippen MR) is 77.5 cm³/mol. The number of hydrogen-bond acceptors (Lipinski definition) is 4. The fraction of sp³-hybridized carbons (Fsp3) is 0.214. The van der Waals surface area contributed by atoms with E-state index in [0.29, 0.717) is 40.2 Å². The van der Waals surface area contributed by atoms with Gasteiger partial charge in [0.25, 0.3) is 5.91 Å². The van der Waals surface area contributed by atoms with E-state index in [1.165, 1.54) is 0 Å². The van der Waals surface area contributed by atoms with E-state index in [2.05, 4.69) is 20.4 Å². The van der Waals surface area contributed by atoms with E-state index < -0.39 is 0 Å². The van der Waals surface area contributed by atoms with Gasteiger partial charge in [0.1, 0.15) is 11.3 Å². The number of fused-ring (bicyclic) bond motifs is 1. The van der Waals surface area contributed by atoms with Gasteiger partial charge in [-0.2, -0.15) is 0 Å². The first-order valence-corrected chi connectivity index (χ1v) is 6.57. The second-order valence-electron chi connectivity index (χ2n) is 4.71. The molecule has 0 aliphatic heterocycles.